The van der Waals surface area contributed by atoms with Crippen LogP contribution < -0.4 is 0 Å². The van der Waals surface area contributed by atoms with Crippen molar-refractivity contribution < 1.29 is 13.2 Å². The van der Waals surface area contributed by atoms with Crippen LogP contribution in [0, 0.1) is 0 Å². The third-order valence-electron chi connectivity index (χ3n) is 1.99. The van der Waals surface area contributed by atoms with E-state index in [2.05, 4.69) is 6.92 Å². The normalized spacial score (nSPS) is 13.1. The van der Waals surface area contributed by atoms with Crippen LogP contribution in [0.1, 0.15) is 40.0 Å². The number of hydrogen-bond acceptors (Lipinski definition) is 0. The number of rotatable bonds is 5. The maximum Gasteiger partial charge on any atom is 0.389 e. The Bertz CT molecular complexity index is 141. The second kappa shape index (κ2) is 8.31. The Balaban J connectivity index is 0. The molecule has 0 aliphatic carbocycles. The quantitative estimate of drug-likeness (QED) is 0.652. The first kappa shape index (κ1) is 17.5. The van der Waals surface area contributed by atoms with E-state index in [4.69, 9.17) is 0 Å². The van der Waals surface area contributed by atoms with Crippen molar-refractivity contribution in [3.63, 3.8) is 0 Å². The van der Waals surface area contributed by atoms with Gasteiger partial charge >= 0.3 is 6.18 Å². The zero-order chi connectivity index (χ0) is 12.5. The molecular formula is C11H25F3S. The first-order valence-electron chi connectivity index (χ1n) is 5.52. The third kappa shape index (κ3) is 14.1. The first-order chi connectivity index (χ1) is 6.77. The van der Waals surface area contributed by atoms with Gasteiger partial charge in [-0.2, -0.15) is 13.2 Å². The Morgan fingerprint density at radius 1 is 1.00 bits per heavy atom. The molecule has 0 spiro atoms. The Morgan fingerprint density at radius 2 is 1.47 bits per heavy atom. The molecule has 0 atom stereocenters. The van der Waals surface area contributed by atoms with E-state index < -0.39 is 22.6 Å². The first-order valence-corrected chi connectivity index (χ1v) is 8.31. The van der Waals surface area contributed by atoms with Gasteiger partial charge in [0.1, 0.15) is 0 Å². The van der Waals surface area contributed by atoms with Crippen LogP contribution >= 0.6 is 10.0 Å². The summed E-state index contributed by atoms with van der Waals surface area (Å²) in [6.07, 6.45) is 1.53. The van der Waals surface area contributed by atoms with Crippen molar-refractivity contribution in [2.45, 2.75) is 46.2 Å². The lowest BCUT2D eigenvalue weighted by Gasteiger charge is -2.31. The molecule has 0 aromatic rings. The number of unbranched alkanes of at least 4 members (excludes halogenated alkanes) is 1. The van der Waals surface area contributed by atoms with Gasteiger partial charge in [-0.25, -0.2) is 10.0 Å². The van der Waals surface area contributed by atoms with E-state index >= 15 is 0 Å². The summed E-state index contributed by atoms with van der Waals surface area (Å²) in [4.78, 5) is 0. The molecule has 0 saturated carbocycles. The van der Waals surface area contributed by atoms with Gasteiger partial charge in [0.05, 0.1) is 6.42 Å². The van der Waals surface area contributed by atoms with Gasteiger partial charge in [-0.1, -0.05) is 27.2 Å². The summed E-state index contributed by atoms with van der Waals surface area (Å²) in [7, 11) is -0.997. The maximum atomic E-state index is 11.9. The summed E-state index contributed by atoms with van der Waals surface area (Å²) in [6.45, 7) is 6.07. The zero-order valence-electron chi connectivity index (χ0n) is 10.6. The topological polar surface area (TPSA) is 0 Å². The summed E-state index contributed by atoms with van der Waals surface area (Å²) in [5, 5.41) is 0. The SMILES string of the molecule is CC.CCCCS(C)(C)CCC(F)(F)F. The van der Waals surface area contributed by atoms with Crippen LogP contribution in [0.25, 0.3) is 0 Å². The van der Waals surface area contributed by atoms with Gasteiger partial charge in [0.25, 0.3) is 0 Å². The Labute approximate surface area is 94.0 Å². The van der Waals surface area contributed by atoms with Gasteiger partial charge in [0.2, 0.25) is 0 Å². The van der Waals surface area contributed by atoms with Crippen LogP contribution in [0.2, 0.25) is 0 Å². The van der Waals surface area contributed by atoms with E-state index in [0.29, 0.717) is 5.75 Å². The van der Waals surface area contributed by atoms with Crippen LogP contribution in [-0.4, -0.2) is 30.2 Å². The van der Waals surface area contributed by atoms with Gasteiger partial charge in [-0.3, -0.25) is 0 Å². The van der Waals surface area contributed by atoms with Gasteiger partial charge in [0, 0.05) is 0 Å². The second-order valence-electron chi connectivity index (χ2n) is 3.89. The van der Waals surface area contributed by atoms with Gasteiger partial charge < -0.3 is 0 Å². The average Bonchev–Trinajstić information content (AvgIpc) is 2.14. The molecule has 0 aliphatic heterocycles. The van der Waals surface area contributed by atoms with E-state index in [1.54, 1.807) is 0 Å². The maximum absolute atomic E-state index is 11.9. The van der Waals surface area contributed by atoms with Gasteiger partial charge in [-0.05, 0) is 30.4 Å². The van der Waals surface area contributed by atoms with Crippen LogP contribution in [0.3, 0.4) is 0 Å². The van der Waals surface area contributed by atoms with Crippen molar-refractivity contribution in [2.75, 3.05) is 24.0 Å². The fourth-order valence-electron chi connectivity index (χ4n) is 1.03. The number of hydrogen-bond donors (Lipinski definition) is 0. The summed E-state index contributed by atoms with van der Waals surface area (Å²) in [5.41, 5.74) is 0. The molecule has 0 N–H and O–H groups in total. The predicted molar refractivity (Wildman–Crippen MR) is 66.1 cm³/mol. The van der Waals surface area contributed by atoms with E-state index in [0.717, 1.165) is 18.6 Å². The molecule has 0 aliphatic rings. The lowest BCUT2D eigenvalue weighted by Crippen LogP contribution is -2.15. The van der Waals surface area contributed by atoms with Crippen LogP contribution in [0.15, 0.2) is 0 Å². The second-order valence-corrected chi connectivity index (χ2v) is 8.24. The van der Waals surface area contributed by atoms with Crippen LogP contribution in [-0.2, 0) is 0 Å². The smallest absolute Gasteiger partial charge is 0.246 e. The summed E-state index contributed by atoms with van der Waals surface area (Å²) < 4.78 is 35.8. The lowest BCUT2D eigenvalue weighted by molar-refractivity contribution is -0.129. The van der Waals surface area contributed by atoms with Gasteiger partial charge in [-0.15, -0.1) is 0 Å². The highest BCUT2D eigenvalue weighted by molar-refractivity contribution is 8.32. The van der Waals surface area contributed by atoms with Crippen molar-refractivity contribution in [3.8, 4) is 0 Å². The molecule has 0 saturated heterocycles. The fourth-order valence-corrected chi connectivity index (χ4v) is 3.09. The largest absolute Gasteiger partial charge is 0.389 e. The summed E-state index contributed by atoms with van der Waals surface area (Å²) >= 11 is 0. The van der Waals surface area contributed by atoms with E-state index in [9.17, 15) is 13.2 Å². The molecule has 0 nitrogen and oxygen atoms in total. The van der Waals surface area contributed by atoms with E-state index in [1.807, 2.05) is 26.4 Å². The van der Waals surface area contributed by atoms with Crippen LogP contribution in [0.4, 0.5) is 13.2 Å². The highest BCUT2D eigenvalue weighted by Crippen LogP contribution is 2.43. The summed E-state index contributed by atoms with van der Waals surface area (Å²) in [5.74, 6) is 1.30. The molecule has 0 aromatic heterocycles. The number of alkyl halides is 3. The Hall–Kier alpha value is 0.140. The van der Waals surface area contributed by atoms with Crippen molar-refractivity contribution in [1.82, 2.24) is 0 Å². The number of halogens is 3. The van der Waals surface area contributed by atoms with Gasteiger partial charge in [0.15, 0.2) is 0 Å². The van der Waals surface area contributed by atoms with Crippen LogP contribution in [0.5, 0.6) is 0 Å². The highest BCUT2D eigenvalue weighted by atomic mass is 32.3. The summed E-state index contributed by atoms with van der Waals surface area (Å²) in [6, 6.07) is 0. The minimum atomic E-state index is -3.98. The minimum absolute atomic E-state index is 0.330. The molecule has 0 bridgehead atoms. The molecule has 0 radical (unpaired) electrons. The highest BCUT2D eigenvalue weighted by Gasteiger charge is 2.29. The van der Waals surface area contributed by atoms with Crippen molar-refractivity contribution >= 4 is 10.0 Å². The molecule has 0 amide bonds. The molecule has 15 heavy (non-hydrogen) atoms. The molecule has 0 unspecified atom stereocenters. The van der Waals surface area contributed by atoms with Crippen molar-refractivity contribution in [1.29, 1.82) is 0 Å². The molecule has 96 valence electrons. The lowest BCUT2D eigenvalue weighted by atomic mass is 10.4. The Kier molecular flexibility index (Phi) is 9.71. The predicted octanol–water partition coefficient (Wildman–Crippen LogP) is 4.83. The average molecular weight is 246 g/mol. The van der Waals surface area contributed by atoms with Crippen molar-refractivity contribution in [3.05, 3.63) is 0 Å². The zero-order valence-corrected chi connectivity index (χ0v) is 11.4. The molecular weight excluding hydrogens is 221 g/mol. The molecule has 0 fully saturated rings. The molecule has 4 heteroatoms. The Morgan fingerprint density at radius 3 is 1.80 bits per heavy atom. The molecule has 0 aromatic carbocycles. The molecule has 0 heterocycles. The standard InChI is InChI=1S/C9H19F3S.C2H6/c1-4-5-7-13(2,3)8-6-9(10,11)12;1-2/h4-8H2,1-3H3;1-2H3. The minimum Gasteiger partial charge on any atom is -0.246 e. The van der Waals surface area contributed by atoms with E-state index in [1.165, 1.54) is 0 Å². The van der Waals surface area contributed by atoms with E-state index in [-0.39, 0.29) is 0 Å². The van der Waals surface area contributed by atoms with Crippen molar-refractivity contribution in [2.24, 2.45) is 0 Å². The monoisotopic (exact) mass is 246 g/mol. The third-order valence-corrected chi connectivity index (χ3v) is 4.69. The molecule has 0 rings (SSSR count). The fraction of sp³-hybridized carbons (Fsp3) is 1.00.